The number of H-pyrrole nitrogens is 1. The van der Waals surface area contributed by atoms with Crippen molar-refractivity contribution >= 4 is 16.9 Å². The van der Waals surface area contributed by atoms with Gasteiger partial charge in [-0.3, -0.25) is 4.79 Å². The topological polar surface area (TPSA) is 58.2 Å². The number of imidazole rings is 1. The highest BCUT2D eigenvalue weighted by Gasteiger charge is 2.21. The molecule has 0 saturated carbocycles. The van der Waals surface area contributed by atoms with E-state index in [4.69, 9.17) is 4.74 Å². The quantitative estimate of drug-likeness (QED) is 0.774. The van der Waals surface area contributed by atoms with Crippen molar-refractivity contribution < 1.29 is 9.53 Å². The smallest absolute Gasteiger partial charge is 0.263 e. The average molecular weight is 337 g/mol. The molecule has 1 N–H and O–H groups in total. The molecule has 0 unspecified atom stereocenters. The first-order chi connectivity index (χ1) is 11.9. The van der Waals surface area contributed by atoms with Crippen molar-refractivity contribution in [3.63, 3.8) is 0 Å². The van der Waals surface area contributed by atoms with E-state index in [1.54, 1.807) is 18.9 Å². The number of rotatable bonds is 5. The van der Waals surface area contributed by atoms with Gasteiger partial charge < -0.3 is 14.6 Å². The minimum atomic E-state index is -0.560. The van der Waals surface area contributed by atoms with Gasteiger partial charge in [0, 0.05) is 7.05 Å². The highest BCUT2D eigenvalue weighted by molar-refractivity contribution is 5.81. The molecule has 0 aliphatic carbocycles. The lowest BCUT2D eigenvalue weighted by Gasteiger charge is -2.22. The van der Waals surface area contributed by atoms with Gasteiger partial charge in [-0.2, -0.15) is 0 Å². The molecule has 0 aliphatic heterocycles. The number of para-hydroxylation sites is 2. The van der Waals surface area contributed by atoms with Gasteiger partial charge in [0.05, 0.1) is 17.6 Å². The monoisotopic (exact) mass is 337 g/mol. The second-order valence-electron chi connectivity index (χ2n) is 6.42. The van der Waals surface area contributed by atoms with E-state index in [-0.39, 0.29) is 5.91 Å². The van der Waals surface area contributed by atoms with Crippen LogP contribution in [0.15, 0.2) is 42.5 Å². The molecule has 130 valence electrons. The first-order valence-electron chi connectivity index (χ1n) is 8.36. The van der Waals surface area contributed by atoms with Crippen LogP contribution in [0.5, 0.6) is 5.75 Å². The second-order valence-corrected chi connectivity index (χ2v) is 6.42. The molecule has 0 fully saturated rings. The number of ether oxygens (including phenoxy) is 1. The standard InChI is InChI=1S/C20H23N3O2/c1-13-9-10-14(2)18(11-13)25-15(3)20(24)23(4)12-19-21-16-7-5-6-8-17(16)22-19/h5-11,15H,12H2,1-4H3,(H,21,22)/t15-/m1/s1. The molecule has 0 aliphatic rings. The van der Waals surface area contributed by atoms with Crippen LogP contribution in [0.3, 0.4) is 0 Å². The molecular weight excluding hydrogens is 314 g/mol. The summed E-state index contributed by atoms with van der Waals surface area (Å²) in [5.41, 5.74) is 4.00. The fourth-order valence-corrected chi connectivity index (χ4v) is 2.77. The van der Waals surface area contributed by atoms with Crippen LogP contribution < -0.4 is 4.74 Å². The Hall–Kier alpha value is -2.82. The number of amides is 1. The molecular formula is C20H23N3O2. The number of hydrogen-bond donors (Lipinski definition) is 1. The van der Waals surface area contributed by atoms with Gasteiger partial charge in [-0.1, -0.05) is 24.3 Å². The predicted molar refractivity (Wildman–Crippen MR) is 98.6 cm³/mol. The molecule has 2 aromatic carbocycles. The number of likely N-dealkylation sites (N-methyl/N-ethyl adjacent to an activating group) is 1. The van der Waals surface area contributed by atoms with Crippen molar-refractivity contribution in [1.29, 1.82) is 0 Å². The van der Waals surface area contributed by atoms with Crippen molar-refractivity contribution in [3.05, 3.63) is 59.4 Å². The Kier molecular flexibility index (Phi) is 4.74. The maximum absolute atomic E-state index is 12.6. The predicted octanol–water partition coefficient (Wildman–Crippen LogP) is 3.61. The summed E-state index contributed by atoms with van der Waals surface area (Å²) in [4.78, 5) is 22.0. The molecule has 0 bridgehead atoms. The zero-order chi connectivity index (χ0) is 18.0. The SMILES string of the molecule is Cc1ccc(C)c(O[C@H](C)C(=O)N(C)Cc2nc3ccccc3[nH]2)c1. The number of hydrogen-bond acceptors (Lipinski definition) is 3. The molecule has 25 heavy (non-hydrogen) atoms. The van der Waals surface area contributed by atoms with Crippen LogP contribution in [0.4, 0.5) is 0 Å². The summed E-state index contributed by atoms with van der Waals surface area (Å²) in [6, 6.07) is 13.8. The Bertz CT molecular complexity index is 868. The summed E-state index contributed by atoms with van der Waals surface area (Å²) in [6.45, 7) is 6.17. The Morgan fingerprint density at radius 1 is 1.24 bits per heavy atom. The van der Waals surface area contributed by atoms with Gasteiger partial charge >= 0.3 is 0 Å². The van der Waals surface area contributed by atoms with Crippen LogP contribution in [-0.4, -0.2) is 33.9 Å². The van der Waals surface area contributed by atoms with E-state index in [2.05, 4.69) is 9.97 Å². The normalized spacial score (nSPS) is 12.2. The van der Waals surface area contributed by atoms with E-state index >= 15 is 0 Å². The van der Waals surface area contributed by atoms with Crippen LogP contribution in [0.25, 0.3) is 11.0 Å². The minimum Gasteiger partial charge on any atom is -0.481 e. The second kappa shape index (κ2) is 6.97. The Morgan fingerprint density at radius 3 is 2.76 bits per heavy atom. The number of aromatic nitrogens is 2. The molecule has 3 aromatic rings. The summed E-state index contributed by atoms with van der Waals surface area (Å²) in [7, 11) is 1.76. The van der Waals surface area contributed by atoms with E-state index in [1.165, 1.54) is 0 Å². The molecule has 5 nitrogen and oxygen atoms in total. The Labute approximate surface area is 147 Å². The lowest BCUT2D eigenvalue weighted by molar-refractivity contribution is -0.137. The zero-order valence-corrected chi connectivity index (χ0v) is 15.0. The first kappa shape index (κ1) is 17.0. The minimum absolute atomic E-state index is 0.0821. The maximum atomic E-state index is 12.6. The highest BCUT2D eigenvalue weighted by Crippen LogP contribution is 2.21. The number of nitrogens with one attached hydrogen (secondary N) is 1. The Morgan fingerprint density at radius 2 is 2.00 bits per heavy atom. The van der Waals surface area contributed by atoms with Crippen LogP contribution >= 0.6 is 0 Å². The van der Waals surface area contributed by atoms with Gasteiger partial charge in [0.15, 0.2) is 6.10 Å². The molecule has 5 heteroatoms. The van der Waals surface area contributed by atoms with Crippen LogP contribution in [-0.2, 0) is 11.3 Å². The molecule has 1 heterocycles. The van der Waals surface area contributed by atoms with Crippen molar-refractivity contribution in [2.24, 2.45) is 0 Å². The fraction of sp³-hybridized carbons (Fsp3) is 0.300. The lowest BCUT2D eigenvalue weighted by atomic mass is 10.1. The summed E-state index contributed by atoms with van der Waals surface area (Å²) >= 11 is 0. The molecule has 1 amide bonds. The number of carbonyl (C=O) groups is 1. The lowest BCUT2D eigenvalue weighted by Crippen LogP contribution is -2.37. The van der Waals surface area contributed by atoms with E-state index in [0.717, 1.165) is 33.7 Å². The highest BCUT2D eigenvalue weighted by atomic mass is 16.5. The summed E-state index contributed by atoms with van der Waals surface area (Å²) in [6.07, 6.45) is -0.560. The van der Waals surface area contributed by atoms with Gasteiger partial charge in [-0.15, -0.1) is 0 Å². The number of benzene rings is 2. The summed E-state index contributed by atoms with van der Waals surface area (Å²) < 4.78 is 5.88. The van der Waals surface area contributed by atoms with E-state index in [1.807, 2.05) is 56.3 Å². The van der Waals surface area contributed by atoms with Gasteiger partial charge in [0.2, 0.25) is 0 Å². The third-order valence-corrected chi connectivity index (χ3v) is 4.20. The van der Waals surface area contributed by atoms with Crippen LogP contribution in [0, 0.1) is 13.8 Å². The summed E-state index contributed by atoms with van der Waals surface area (Å²) in [5.74, 6) is 1.43. The van der Waals surface area contributed by atoms with Gasteiger partial charge in [-0.25, -0.2) is 4.98 Å². The van der Waals surface area contributed by atoms with Crippen molar-refractivity contribution in [3.8, 4) is 5.75 Å². The number of nitrogens with zero attached hydrogens (tertiary/aromatic N) is 2. The zero-order valence-electron chi connectivity index (χ0n) is 15.0. The van der Waals surface area contributed by atoms with Crippen molar-refractivity contribution in [2.75, 3.05) is 7.05 Å². The number of aromatic amines is 1. The van der Waals surface area contributed by atoms with Gasteiger partial charge in [0.25, 0.3) is 5.91 Å². The molecule has 0 spiro atoms. The third kappa shape index (κ3) is 3.82. The number of fused-ring (bicyclic) bond motifs is 1. The fourth-order valence-electron chi connectivity index (χ4n) is 2.77. The first-order valence-corrected chi connectivity index (χ1v) is 8.36. The van der Waals surface area contributed by atoms with Gasteiger partial charge in [-0.05, 0) is 50.1 Å². The maximum Gasteiger partial charge on any atom is 0.263 e. The Balaban J connectivity index is 1.67. The number of aryl methyl sites for hydroxylation is 2. The largest absolute Gasteiger partial charge is 0.481 e. The van der Waals surface area contributed by atoms with Crippen LogP contribution in [0.1, 0.15) is 23.9 Å². The van der Waals surface area contributed by atoms with E-state index in [0.29, 0.717) is 6.54 Å². The van der Waals surface area contributed by atoms with Crippen LogP contribution in [0.2, 0.25) is 0 Å². The molecule has 0 radical (unpaired) electrons. The van der Waals surface area contributed by atoms with Crippen molar-refractivity contribution in [1.82, 2.24) is 14.9 Å². The molecule has 1 aromatic heterocycles. The van der Waals surface area contributed by atoms with Crippen molar-refractivity contribution in [2.45, 2.75) is 33.4 Å². The molecule has 3 rings (SSSR count). The molecule has 0 saturated heterocycles. The number of carbonyl (C=O) groups excluding carboxylic acids is 1. The molecule has 1 atom stereocenters. The van der Waals surface area contributed by atoms with Gasteiger partial charge in [0.1, 0.15) is 11.6 Å². The average Bonchev–Trinajstić information content (AvgIpc) is 2.99. The van der Waals surface area contributed by atoms with E-state index in [9.17, 15) is 4.79 Å². The van der Waals surface area contributed by atoms with E-state index < -0.39 is 6.10 Å². The third-order valence-electron chi connectivity index (χ3n) is 4.20. The summed E-state index contributed by atoms with van der Waals surface area (Å²) in [5, 5.41) is 0.